The fourth-order valence-corrected chi connectivity index (χ4v) is 14.1. The van der Waals surface area contributed by atoms with E-state index in [1.165, 1.54) is 97.1 Å². The predicted molar refractivity (Wildman–Crippen MR) is 231 cm³/mol. The summed E-state index contributed by atoms with van der Waals surface area (Å²) in [6.45, 7) is 0. The van der Waals surface area contributed by atoms with Crippen LogP contribution in [0.3, 0.4) is 0 Å². The van der Waals surface area contributed by atoms with E-state index in [2.05, 4.69) is 0 Å². The van der Waals surface area contributed by atoms with E-state index in [1.807, 2.05) is 0 Å². The van der Waals surface area contributed by atoms with E-state index < -0.39 is 106 Å². The molecule has 0 aliphatic carbocycles. The van der Waals surface area contributed by atoms with Gasteiger partial charge in [-0.15, -0.1) is 0 Å². The molecule has 27 heteroatoms. The molecule has 63 heavy (non-hydrogen) atoms. The summed E-state index contributed by atoms with van der Waals surface area (Å²) in [7, 11) is -31.4. The third-order valence-corrected chi connectivity index (χ3v) is 18.1. The normalized spacial score (nSPS) is 12.6. The molecule has 4 N–H and O–H groups in total. The van der Waals surface area contributed by atoms with Crippen molar-refractivity contribution in [2.75, 3.05) is 0 Å². The van der Waals surface area contributed by atoms with E-state index in [4.69, 9.17) is 0 Å². The molecule has 0 aliphatic heterocycles. The first-order valence-corrected chi connectivity index (χ1v) is 27.8. The summed E-state index contributed by atoms with van der Waals surface area (Å²) in [6, 6.07) is 30.8. The zero-order chi connectivity index (χ0) is 46.1. The van der Waals surface area contributed by atoms with Crippen LogP contribution in [0.15, 0.2) is 175 Å². The number of benzene rings is 6. The van der Waals surface area contributed by atoms with Gasteiger partial charge in [-0.25, -0.2) is 16.8 Å². The fraction of sp³-hybridized carbons (Fsp3) is 0. The quantitative estimate of drug-likeness (QED) is 0.0762. The van der Waals surface area contributed by atoms with Gasteiger partial charge in [0.15, 0.2) is 0 Å². The summed E-state index contributed by atoms with van der Waals surface area (Å²) < 4.78 is 199. The molecule has 0 atom stereocenters. The molecule has 0 radical (unpaired) electrons. The van der Waals surface area contributed by atoms with Crippen molar-refractivity contribution in [3.05, 3.63) is 146 Å². The van der Waals surface area contributed by atoms with Crippen molar-refractivity contribution >= 4 is 131 Å². The first kappa shape index (κ1) is 52.0. The summed E-state index contributed by atoms with van der Waals surface area (Å²) in [5.41, 5.74) is 0. The van der Waals surface area contributed by atoms with Gasteiger partial charge in [-0.3, -0.25) is 18.2 Å². The van der Waals surface area contributed by atoms with E-state index >= 15 is 0 Å². The van der Waals surface area contributed by atoms with Gasteiger partial charge in [0.2, 0.25) is 0 Å². The third-order valence-electron chi connectivity index (χ3n) is 8.22. The van der Waals surface area contributed by atoms with Crippen molar-refractivity contribution in [2.24, 2.45) is 0 Å². The van der Waals surface area contributed by atoms with E-state index in [0.717, 1.165) is 48.5 Å². The van der Waals surface area contributed by atoms with Gasteiger partial charge in [0.1, 0.15) is 20.2 Å². The fourth-order valence-electron chi connectivity index (χ4n) is 5.58. The Balaban J connectivity index is 0.000000272. The summed E-state index contributed by atoms with van der Waals surface area (Å²) in [4.78, 5) is -2.72. The SMILES string of the molecule is O=S(=O)([O-])c1cccc(P(c2cccc(S(=O)(=O)O)c2)c2cccc(S(=O)(=O)O)c2)c1.O=S(=O)([O-])c1cccc(P(c2cccc(S(=O)(=O)O)c2)c2cccc(S(=O)(=O)O)c2)c1.[Mg+2]. The van der Waals surface area contributed by atoms with E-state index in [1.54, 1.807) is 0 Å². The minimum absolute atomic E-state index is 0. The van der Waals surface area contributed by atoms with Gasteiger partial charge in [0.25, 0.3) is 40.5 Å². The summed E-state index contributed by atoms with van der Waals surface area (Å²) >= 11 is 0. The molecule has 0 saturated carbocycles. The topological polar surface area (TPSA) is 332 Å². The Morgan fingerprint density at radius 3 is 0.619 bits per heavy atom. The Hall–Kier alpha value is -3.59. The molecule has 6 aromatic rings. The van der Waals surface area contributed by atoms with Crippen LogP contribution in [0.1, 0.15) is 0 Å². The Morgan fingerprint density at radius 1 is 0.302 bits per heavy atom. The molecular weight excluding hydrogens is 999 g/mol. The molecule has 18 nitrogen and oxygen atoms in total. The van der Waals surface area contributed by atoms with Crippen LogP contribution in [0.2, 0.25) is 0 Å². The molecular formula is C36H28MgO18P2S6. The predicted octanol–water partition coefficient (Wildman–Crippen LogP) is 1.30. The number of hydrogen-bond donors (Lipinski definition) is 4. The minimum atomic E-state index is -4.80. The van der Waals surface area contributed by atoms with E-state index in [-0.39, 0.29) is 23.1 Å². The Labute approximate surface area is 381 Å². The molecule has 0 spiro atoms. The second kappa shape index (κ2) is 19.9. The van der Waals surface area contributed by atoms with Crippen LogP contribution in [0.25, 0.3) is 0 Å². The molecule has 0 unspecified atom stereocenters. The molecule has 328 valence electrons. The summed E-state index contributed by atoms with van der Waals surface area (Å²) in [5.74, 6) is 0. The van der Waals surface area contributed by atoms with Crippen LogP contribution in [0, 0.1) is 0 Å². The van der Waals surface area contributed by atoms with Gasteiger partial charge in [-0.1, -0.05) is 72.8 Å². The van der Waals surface area contributed by atoms with Crippen LogP contribution in [0.5, 0.6) is 0 Å². The van der Waals surface area contributed by atoms with Gasteiger partial charge >= 0.3 is 23.1 Å². The van der Waals surface area contributed by atoms with Crippen molar-refractivity contribution in [2.45, 2.75) is 29.4 Å². The summed E-state index contributed by atoms with van der Waals surface area (Å²) in [6.07, 6.45) is 0. The Bertz CT molecular complexity index is 2800. The van der Waals surface area contributed by atoms with Crippen LogP contribution in [-0.2, 0) is 60.7 Å². The second-order valence-corrected chi connectivity index (χ2v) is 25.3. The van der Waals surface area contributed by atoms with Crippen molar-refractivity contribution in [3.63, 3.8) is 0 Å². The molecule has 0 heterocycles. The standard InChI is InChI=1S/2C18H15O9PS3.Mg/c2*19-29(20,21)16-7-1-4-13(10-16)28(14-5-2-8-17(11-14)30(22,23)24)15-6-3-9-18(12-15)31(25,26)27;/h2*1-12H,(H,19,20,21)(H,22,23,24)(H,25,26,27);/q;;+2/p-2. The van der Waals surface area contributed by atoms with Gasteiger partial charge in [-0.05, 0) is 120 Å². The number of rotatable bonds is 12. The smallest absolute Gasteiger partial charge is 0.744 e. The van der Waals surface area contributed by atoms with Crippen molar-refractivity contribution < 1.29 is 77.8 Å². The van der Waals surface area contributed by atoms with E-state index in [0.29, 0.717) is 31.8 Å². The van der Waals surface area contributed by atoms with E-state index in [9.17, 15) is 77.8 Å². The van der Waals surface area contributed by atoms with Crippen LogP contribution in [0.4, 0.5) is 0 Å². The molecule has 6 rings (SSSR count). The van der Waals surface area contributed by atoms with Crippen LogP contribution < -0.4 is 31.8 Å². The third kappa shape index (κ3) is 13.7. The molecule has 0 saturated heterocycles. The molecule has 0 aliphatic rings. The largest absolute Gasteiger partial charge is 2.00 e. The zero-order valence-corrected chi connectivity index (χ0v) is 39.5. The molecule has 6 aromatic carbocycles. The van der Waals surface area contributed by atoms with Gasteiger partial charge in [0, 0.05) is 0 Å². The maximum absolute atomic E-state index is 11.6. The molecule has 0 aromatic heterocycles. The maximum atomic E-state index is 11.6. The molecule has 0 fully saturated rings. The van der Waals surface area contributed by atoms with Crippen molar-refractivity contribution in [3.8, 4) is 0 Å². The van der Waals surface area contributed by atoms with Crippen LogP contribution in [-0.4, -0.2) is 101 Å². The number of hydrogen-bond acceptors (Lipinski definition) is 14. The minimum Gasteiger partial charge on any atom is -0.744 e. The van der Waals surface area contributed by atoms with Crippen molar-refractivity contribution in [1.82, 2.24) is 0 Å². The average molecular weight is 1030 g/mol. The zero-order valence-electron chi connectivity index (χ0n) is 31.4. The summed E-state index contributed by atoms with van der Waals surface area (Å²) in [5, 5.41) is 1.87. The monoisotopic (exact) mass is 1030 g/mol. The Morgan fingerprint density at radius 2 is 0.460 bits per heavy atom. The van der Waals surface area contributed by atoms with Gasteiger partial charge in [0.05, 0.1) is 29.4 Å². The first-order chi connectivity index (χ1) is 28.5. The van der Waals surface area contributed by atoms with Crippen LogP contribution >= 0.6 is 15.8 Å². The first-order valence-electron chi connectivity index (χ1n) is 16.6. The Kier molecular flexibility index (Phi) is 16.4. The maximum Gasteiger partial charge on any atom is 2.00 e. The van der Waals surface area contributed by atoms with Crippen molar-refractivity contribution in [1.29, 1.82) is 0 Å². The van der Waals surface area contributed by atoms with Gasteiger partial charge < -0.3 is 9.11 Å². The molecule has 0 bridgehead atoms. The molecule has 0 amide bonds. The average Bonchev–Trinajstić information content (AvgIpc) is 3.17. The second-order valence-electron chi connectivity index (χ2n) is 12.5. The van der Waals surface area contributed by atoms with Gasteiger partial charge in [-0.2, -0.15) is 33.7 Å².